The number of aryl methyl sites for hydroxylation is 4. The Morgan fingerprint density at radius 2 is 1.18 bits per heavy atom. The second kappa shape index (κ2) is 52.0. The van der Waals surface area contributed by atoms with E-state index in [4.69, 9.17) is 28.2 Å². The number of nitrogens with two attached hydrogens (primary N) is 2. The third-order valence-electron chi connectivity index (χ3n) is 13.7. The lowest BCUT2D eigenvalue weighted by Gasteiger charge is -2.19. The van der Waals surface area contributed by atoms with Crippen LogP contribution in [-0.4, -0.2) is 71.0 Å². The number of anilines is 2. The number of imidazole rings is 2. The number of aromatic amines is 1. The second-order valence-corrected chi connectivity index (χ2v) is 22.5. The molecule has 0 spiro atoms. The van der Waals surface area contributed by atoms with E-state index in [9.17, 15) is 14.4 Å². The van der Waals surface area contributed by atoms with Crippen LogP contribution in [0.1, 0.15) is 289 Å². The number of azide groups is 1. The molecular weight excluding hydrogens is 1030 g/mol. The van der Waals surface area contributed by atoms with Gasteiger partial charge in [-0.25, -0.2) is 19.3 Å². The molecule has 0 atom stereocenters. The van der Waals surface area contributed by atoms with Gasteiger partial charge in [-0.1, -0.05) is 191 Å². The van der Waals surface area contributed by atoms with Crippen LogP contribution in [0, 0.1) is 12.3 Å². The van der Waals surface area contributed by atoms with E-state index in [1.165, 1.54) is 152 Å². The minimum absolute atomic E-state index is 0. The number of nitrogen functional groups attached to an aromatic ring is 2. The average molecular weight is 1140 g/mol. The molecule has 0 aromatic carbocycles. The average Bonchev–Trinajstić information content (AvgIpc) is 4.17. The van der Waals surface area contributed by atoms with Crippen LogP contribution >= 0.6 is 12.4 Å². The quantitative estimate of drug-likeness (QED) is 0.0137. The minimum atomic E-state index is -0.552. The largest absolute Gasteiger partial charge is 0.443 e. The molecule has 0 aliphatic heterocycles. The number of hydrogen-bond acceptors (Lipinski definition) is 11. The number of Topliss-reactive ketones (excluding diaryl/α,β-unsaturated/α-hetero) is 1. The van der Waals surface area contributed by atoms with Gasteiger partial charge in [-0.3, -0.25) is 14.3 Å². The van der Waals surface area contributed by atoms with Gasteiger partial charge in [0.1, 0.15) is 11.4 Å². The first-order chi connectivity index (χ1) is 38.3. The number of nitrogens with one attached hydrogen (secondary N) is 2. The van der Waals surface area contributed by atoms with Crippen molar-refractivity contribution in [3.8, 4) is 12.3 Å². The summed E-state index contributed by atoms with van der Waals surface area (Å²) in [7, 11) is 0. The third kappa shape index (κ3) is 45.6. The maximum Gasteiger partial charge on any atom is 0.421 e. The fourth-order valence-electron chi connectivity index (χ4n) is 9.18. The first-order valence-corrected chi connectivity index (χ1v) is 31.3. The van der Waals surface area contributed by atoms with Crippen LogP contribution in [0.25, 0.3) is 10.4 Å². The predicted molar refractivity (Wildman–Crippen MR) is 333 cm³/mol. The Hall–Kier alpha value is -5.07. The summed E-state index contributed by atoms with van der Waals surface area (Å²) < 4.78 is 8.40. The van der Waals surface area contributed by atoms with Gasteiger partial charge in [0.05, 0.1) is 17.6 Å². The molecule has 6 N–H and O–H groups in total. The van der Waals surface area contributed by atoms with E-state index >= 15 is 0 Å². The Morgan fingerprint density at radius 3 is 1.69 bits per heavy atom. The number of halogens is 1. The predicted octanol–water partition coefficient (Wildman–Crippen LogP) is 16.7. The van der Waals surface area contributed by atoms with Gasteiger partial charge in [0.25, 0.3) is 0 Å². The Balaban J connectivity index is 0.00000123. The molecule has 3 heterocycles. The summed E-state index contributed by atoms with van der Waals surface area (Å²) in [5.74, 6) is 3.74. The van der Waals surface area contributed by atoms with Crippen molar-refractivity contribution in [1.82, 2.24) is 39.8 Å². The number of nitrogens with zero attached hydrogens (tertiary/aromatic N) is 9. The van der Waals surface area contributed by atoms with Gasteiger partial charge >= 0.3 is 6.09 Å². The maximum atomic E-state index is 12.2. The van der Waals surface area contributed by atoms with Crippen molar-refractivity contribution < 1.29 is 19.1 Å². The molecule has 0 aliphatic carbocycles. The van der Waals surface area contributed by atoms with Crippen molar-refractivity contribution in [1.29, 1.82) is 0 Å². The lowest BCUT2D eigenvalue weighted by atomic mass is 10.0. The first kappa shape index (κ1) is 74.9. The van der Waals surface area contributed by atoms with Crippen molar-refractivity contribution in [2.45, 2.75) is 304 Å². The minimum Gasteiger partial charge on any atom is -0.443 e. The van der Waals surface area contributed by atoms with E-state index < -0.39 is 11.7 Å². The standard InChI is InChI=1S/C29H52N6O.C18H36N4O.C15H23N3O2.ClH/c1-2-3-4-5-6-7-8-9-10-11-12-13-17-21-28(36)22-18-23-35-25-27(33-34-35)20-16-14-15-19-26-24-31-29(30)32-26;1-2-3-4-5-6-7-8-9-10-11-12-13-14-15-18(23)20-16-17-21-22-19;1-5-6-7-8-9-10-12-11-18(13(16)17-12)14(19)20-15(2,3)4;/h24-25H,2-23H2,1H3,(H3,30,31,32);2-17H2,1H3,(H,20,23);1,11H,6-10H2,2-4H3,(H2,16,17);1H. The SMILES string of the molecule is C#CCCCCCc1cn(C(=O)OC(C)(C)C)c(N)n1.CCCCCCCCCCCCCCCC(=O)CCCn1cc(CCCCCc2cnc(N)[nH]2)nn1.CCCCCCCCCCCCCCCC(=O)NCCN=[N+]=[N-].Cl. The normalized spacial score (nSPS) is 10.8. The first-order valence-electron chi connectivity index (χ1n) is 31.3. The zero-order valence-electron chi connectivity index (χ0n) is 50.9. The summed E-state index contributed by atoms with van der Waals surface area (Å²) in [6.07, 6.45) is 57.5. The number of rotatable bonds is 46. The number of hydrogen-bond donors (Lipinski definition) is 4. The van der Waals surface area contributed by atoms with Crippen LogP contribution in [0.4, 0.5) is 16.7 Å². The smallest absolute Gasteiger partial charge is 0.421 e. The van der Waals surface area contributed by atoms with Crippen molar-refractivity contribution in [3.63, 3.8) is 0 Å². The number of terminal acetylenes is 1. The van der Waals surface area contributed by atoms with E-state index in [1.807, 2.05) is 37.8 Å². The van der Waals surface area contributed by atoms with E-state index in [0.29, 0.717) is 37.7 Å². The summed E-state index contributed by atoms with van der Waals surface area (Å²) in [6, 6.07) is 0. The van der Waals surface area contributed by atoms with Crippen LogP contribution in [0.3, 0.4) is 0 Å². The van der Waals surface area contributed by atoms with Gasteiger partial charge in [-0.15, -0.1) is 29.8 Å². The number of unbranched alkanes of at least 4 members (excludes halogenated alkanes) is 29. The van der Waals surface area contributed by atoms with Gasteiger partial charge in [-0.2, -0.15) is 0 Å². The monoisotopic (exact) mass is 1140 g/mol. The molecule has 0 bridgehead atoms. The van der Waals surface area contributed by atoms with Crippen molar-refractivity contribution in [2.24, 2.45) is 5.11 Å². The number of carbonyl (C=O) groups excluding carboxylic acids is 3. The maximum absolute atomic E-state index is 12.2. The zero-order chi connectivity index (χ0) is 57.9. The summed E-state index contributed by atoms with van der Waals surface area (Å²) in [5.41, 5.74) is 21.8. The Bertz CT molecular complexity index is 2050. The van der Waals surface area contributed by atoms with E-state index in [-0.39, 0.29) is 24.3 Å². The topological polar surface area (TPSA) is 250 Å². The van der Waals surface area contributed by atoms with Gasteiger partial charge in [0, 0.05) is 68.3 Å². The van der Waals surface area contributed by atoms with Crippen LogP contribution < -0.4 is 16.8 Å². The fraction of sp³-hybridized carbons (Fsp3) is 0.790. The summed E-state index contributed by atoms with van der Waals surface area (Å²) in [5, 5.41) is 14.7. The molecule has 3 aromatic rings. The molecule has 1 amide bonds. The molecule has 0 unspecified atom stereocenters. The molecule has 80 heavy (non-hydrogen) atoms. The summed E-state index contributed by atoms with van der Waals surface area (Å²) in [6.45, 7) is 11.5. The van der Waals surface area contributed by atoms with Gasteiger partial charge in [-0.05, 0) is 90.5 Å². The fourth-order valence-corrected chi connectivity index (χ4v) is 9.18. The number of aromatic nitrogens is 7. The number of amides is 1. The van der Waals surface area contributed by atoms with E-state index in [0.717, 1.165) is 120 Å². The lowest BCUT2D eigenvalue weighted by molar-refractivity contribution is -0.121. The van der Waals surface area contributed by atoms with Crippen molar-refractivity contribution >= 4 is 42.1 Å². The Labute approximate surface area is 490 Å². The van der Waals surface area contributed by atoms with E-state index in [2.05, 4.69) is 60.4 Å². The van der Waals surface area contributed by atoms with Crippen LogP contribution in [0.5, 0.6) is 0 Å². The van der Waals surface area contributed by atoms with Crippen molar-refractivity contribution in [3.05, 3.63) is 46.1 Å². The Kier molecular flexibility index (Phi) is 48.7. The molecule has 0 saturated carbocycles. The molecule has 3 rings (SSSR count). The number of carbonyl (C=O) groups is 3. The summed E-state index contributed by atoms with van der Waals surface area (Å²) >= 11 is 0. The van der Waals surface area contributed by atoms with Crippen LogP contribution in [0.15, 0.2) is 23.7 Å². The highest BCUT2D eigenvalue weighted by Crippen LogP contribution is 2.17. The van der Waals surface area contributed by atoms with Gasteiger partial charge in [0.15, 0.2) is 5.95 Å². The molecule has 0 radical (unpaired) electrons. The molecule has 17 nitrogen and oxygen atoms in total. The summed E-state index contributed by atoms with van der Waals surface area (Å²) in [4.78, 5) is 49.5. The molecule has 456 valence electrons. The molecule has 18 heteroatoms. The molecule has 0 fully saturated rings. The number of ketones is 1. The highest BCUT2D eigenvalue weighted by atomic mass is 35.5. The van der Waals surface area contributed by atoms with Gasteiger partial charge in [0.2, 0.25) is 11.9 Å². The molecule has 3 aromatic heterocycles. The third-order valence-corrected chi connectivity index (χ3v) is 13.7. The van der Waals surface area contributed by atoms with Crippen molar-refractivity contribution in [2.75, 3.05) is 24.6 Å². The molecular formula is C62H112ClN13O4. The Morgan fingerprint density at radius 1 is 0.688 bits per heavy atom. The molecule has 0 saturated heterocycles. The van der Waals surface area contributed by atoms with Crippen LogP contribution in [0.2, 0.25) is 0 Å². The lowest BCUT2D eigenvalue weighted by Crippen LogP contribution is -2.27. The highest BCUT2D eigenvalue weighted by Gasteiger charge is 2.20. The van der Waals surface area contributed by atoms with Crippen LogP contribution in [-0.2, 0) is 40.1 Å². The number of H-pyrrole nitrogens is 1. The highest BCUT2D eigenvalue weighted by molar-refractivity contribution is 5.85. The van der Waals surface area contributed by atoms with E-state index in [1.54, 1.807) is 6.20 Å². The van der Waals surface area contributed by atoms with Gasteiger partial charge < -0.3 is 26.5 Å². The molecule has 0 aliphatic rings. The zero-order valence-corrected chi connectivity index (χ0v) is 51.8. The second-order valence-electron chi connectivity index (χ2n) is 22.5. The number of ether oxygens (including phenoxy) is 1.